The van der Waals surface area contributed by atoms with E-state index in [0.29, 0.717) is 0 Å². The van der Waals surface area contributed by atoms with Crippen LogP contribution in [0.3, 0.4) is 0 Å². The molecule has 1 aliphatic heterocycles. The van der Waals surface area contributed by atoms with Gasteiger partial charge in [0.15, 0.2) is 5.96 Å². The van der Waals surface area contributed by atoms with Gasteiger partial charge < -0.3 is 10.6 Å². The average Bonchev–Trinajstić information content (AvgIpc) is 2.60. The fourth-order valence-corrected chi connectivity index (χ4v) is 3.08. The van der Waals surface area contributed by atoms with E-state index in [-0.39, 0.29) is 24.0 Å². The van der Waals surface area contributed by atoms with Crippen LogP contribution in [0, 0.1) is 12.8 Å². The van der Waals surface area contributed by atoms with E-state index in [9.17, 15) is 0 Å². The number of aryl methyl sites for hydroxylation is 1. The molecule has 0 radical (unpaired) electrons. The van der Waals surface area contributed by atoms with Gasteiger partial charge in [-0.05, 0) is 57.7 Å². The van der Waals surface area contributed by atoms with Gasteiger partial charge >= 0.3 is 0 Å². The second kappa shape index (κ2) is 12.5. The molecule has 1 aliphatic rings. The molecule has 0 aromatic heterocycles. The summed E-state index contributed by atoms with van der Waals surface area (Å²) in [6.07, 6.45) is 3.63. The SMILES string of the molecule is CCCNC(=NCC1CCN(Cc2ccc(C)cc2)CC1)NCC.I. The maximum absolute atomic E-state index is 4.77. The van der Waals surface area contributed by atoms with Crippen molar-refractivity contribution in [2.24, 2.45) is 10.9 Å². The van der Waals surface area contributed by atoms with Gasteiger partial charge in [0.25, 0.3) is 0 Å². The third-order valence-electron chi connectivity index (χ3n) is 4.63. The number of hydrogen-bond donors (Lipinski definition) is 2. The van der Waals surface area contributed by atoms with Gasteiger partial charge in [-0.15, -0.1) is 24.0 Å². The highest BCUT2D eigenvalue weighted by Gasteiger charge is 2.19. The van der Waals surface area contributed by atoms with Crippen molar-refractivity contribution in [3.05, 3.63) is 35.4 Å². The summed E-state index contributed by atoms with van der Waals surface area (Å²) in [6.45, 7) is 12.7. The highest BCUT2D eigenvalue weighted by molar-refractivity contribution is 14.0. The monoisotopic (exact) mass is 458 g/mol. The quantitative estimate of drug-likeness (QED) is 0.371. The summed E-state index contributed by atoms with van der Waals surface area (Å²) in [5, 5.41) is 6.72. The van der Waals surface area contributed by atoms with E-state index in [1.54, 1.807) is 0 Å². The number of benzene rings is 1. The highest BCUT2D eigenvalue weighted by Crippen LogP contribution is 2.19. The minimum atomic E-state index is 0. The number of nitrogens with zero attached hydrogens (tertiary/aromatic N) is 2. The van der Waals surface area contributed by atoms with Crippen molar-refractivity contribution in [3.8, 4) is 0 Å². The maximum atomic E-state index is 4.77. The van der Waals surface area contributed by atoms with Crippen molar-refractivity contribution < 1.29 is 0 Å². The summed E-state index contributed by atoms with van der Waals surface area (Å²) in [5.74, 6) is 1.69. The maximum Gasteiger partial charge on any atom is 0.191 e. The average molecular weight is 458 g/mol. The van der Waals surface area contributed by atoms with Crippen LogP contribution in [0.25, 0.3) is 0 Å². The van der Waals surface area contributed by atoms with Crippen LogP contribution in [0.4, 0.5) is 0 Å². The minimum Gasteiger partial charge on any atom is -0.357 e. The predicted octanol–water partition coefficient (Wildman–Crippen LogP) is 3.79. The van der Waals surface area contributed by atoms with Gasteiger partial charge in [0.1, 0.15) is 0 Å². The first-order valence-corrected chi connectivity index (χ1v) is 9.51. The van der Waals surface area contributed by atoms with Crippen LogP contribution in [0.5, 0.6) is 0 Å². The zero-order valence-corrected chi connectivity index (χ0v) is 18.4. The van der Waals surface area contributed by atoms with E-state index in [2.05, 4.69) is 60.6 Å². The Labute approximate surface area is 170 Å². The topological polar surface area (TPSA) is 39.7 Å². The second-order valence-corrected chi connectivity index (χ2v) is 6.85. The van der Waals surface area contributed by atoms with Gasteiger partial charge in [-0.1, -0.05) is 36.8 Å². The van der Waals surface area contributed by atoms with Gasteiger partial charge in [-0.3, -0.25) is 9.89 Å². The third kappa shape index (κ3) is 8.40. The van der Waals surface area contributed by atoms with Crippen LogP contribution in [0.1, 0.15) is 44.2 Å². The zero-order chi connectivity index (χ0) is 17.2. The fraction of sp³-hybridized carbons (Fsp3) is 0.650. The van der Waals surface area contributed by atoms with E-state index in [1.807, 2.05) is 0 Å². The zero-order valence-electron chi connectivity index (χ0n) is 16.1. The molecular formula is C20H35IN4. The molecule has 25 heavy (non-hydrogen) atoms. The molecule has 4 nitrogen and oxygen atoms in total. The Kier molecular flexibility index (Phi) is 11.1. The summed E-state index contributed by atoms with van der Waals surface area (Å²) in [6, 6.07) is 8.94. The molecule has 5 heteroatoms. The van der Waals surface area contributed by atoms with Crippen LogP contribution < -0.4 is 10.6 Å². The molecule has 0 spiro atoms. The number of guanidine groups is 1. The normalized spacial score (nSPS) is 16.4. The van der Waals surface area contributed by atoms with E-state index < -0.39 is 0 Å². The molecule has 0 saturated carbocycles. The van der Waals surface area contributed by atoms with Crippen LogP contribution >= 0.6 is 24.0 Å². The van der Waals surface area contributed by atoms with Crippen molar-refractivity contribution in [2.75, 3.05) is 32.7 Å². The van der Waals surface area contributed by atoms with Crippen LogP contribution in [0.15, 0.2) is 29.3 Å². The highest BCUT2D eigenvalue weighted by atomic mass is 127. The number of halogens is 1. The number of aliphatic imine (C=N–C) groups is 1. The van der Waals surface area contributed by atoms with Crippen molar-refractivity contribution in [1.82, 2.24) is 15.5 Å². The molecular weight excluding hydrogens is 423 g/mol. The fourth-order valence-electron chi connectivity index (χ4n) is 3.08. The number of likely N-dealkylation sites (tertiary alicyclic amines) is 1. The number of rotatable bonds is 7. The Bertz CT molecular complexity index is 493. The first-order chi connectivity index (χ1) is 11.7. The number of hydrogen-bond acceptors (Lipinski definition) is 2. The lowest BCUT2D eigenvalue weighted by molar-refractivity contribution is 0.180. The van der Waals surface area contributed by atoms with E-state index >= 15 is 0 Å². The van der Waals surface area contributed by atoms with Crippen LogP contribution in [0.2, 0.25) is 0 Å². The lowest BCUT2D eigenvalue weighted by atomic mass is 9.96. The molecule has 2 N–H and O–H groups in total. The Morgan fingerprint density at radius 2 is 1.80 bits per heavy atom. The number of piperidine rings is 1. The van der Waals surface area contributed by atoms with Gasteiger partial charge in [-0.25, -0.2) is 0 Å². The molecule has 1 heterocycles. The molecule has 0 bridgehead atoms. The summed E-state index contributed by atoms with van der Waals surface area (Å²) in [5.41, 5.74) is 2.76. The lowest BCUT2D eigenvalue weighted by Crippen LogP contribution is -2.39. The molecule has 0 unspecified atom stereocenters. The van der Waals surface area contributed by atoms with E-state index in [0.717, 1.165) is 44.5 Å². The Morgan fingerprint density at radius 3 is 2.40 bits per heavy atom. The molecule has 2 rings (SSSR count). The number of nitrogens with one attached hydrogen (secondary N) is 2. The molecule has 0 aliphatic carbocycles. The standard InChI is InChI=1S/C20H34N4.HI/c1-4-12-22-20(21-5-2)23-15-18-10-13-24(14-11-18)16-19-8-6-17(3)7-9-19;/h6-9,18H,4-5,10-16H2,1-3H3,(H2,21,22,23);1H. The van der Waals surface area contributed by atoms with E-state index in [4.69, 9.17) is 4.99 Å². The van der Waals surface area contributed by atoms with Crippen LogP contribution in [-0.2, 0) is 6.54 Å². The summed E-state index contributed by atoms with van der Waals surface area (Å²) >= 11 is 0. The summed E-state index contributed by atoms with van der Waals surface area (Å²) < 4.78 is 0. The summed E-state index contributed by atoms with van der Waals surface area (Å²) in [4.78, 5) is 7.34. The molecule has 142 valence electrons. The Hall–Kier alpha value is -0.820. The third-order valence-corrected chi connectivity index (χ3v) is 4.63. The molecule has 1 saturated heterocycles. The second-order valence-electron chi connectivity index (χ2n) is 6.85. The molecule has 1 aromatic carbocycles. The molecule has 0 amide bonds. The van der Waals surface area contributed by atoms with Gasteiger partial charge in [0, 0.05) is 26.2 Å². The van der Waals surface area contributed by atoms with Gasteiger partial charge in [0.05, 0.1) is 0 Å². The largest absolute Gasteiger partial charge is 0.357 e. The smallest absolute Gasteiger partial charge is 0.191 e. The Morgan fingerprint density at radius 1 is 1.12 bits per heavy atom. The Balaban J connectivity index is 0.00000312. The van der Waals surface area contributed by atoms with E-state index in [1.165, 1.54) is 37.1 Å². The minimum absolute atomic E-state index is 0. The van der Waals surface area contributed by atoms with Crippen LogP contribution in [-0.4, -0.2) is 43.6 Å². The lowest BCUT2D eigenvalue weighted by Gasteiger charge is -2.31. The predicted molar refractivity (Wildman–Crippen MR) is 119 cm³/mol. The van der Waals surface area contributed by atoms with Crippen molar-refractivity contribution in [1.29, 1.82) is 0 Å². The first-order valence-electron chi connectivity index (χ1n) is 9.51. The van der Waals surface area contributed by atoms with Crippen molar-refractivity contribution in [3.63, 3.8) is 0 Å². The molecule has 1 fully saturated rings. The summed E-state index contributed by atoms with van der Waals surface area (Å²) in [7, 11) is 0. The van der Waals surface area contributed by atoms with Gasteiger partial charge in [0.2, 0.25) is 0 Å². The van der Waals surface area contributed by atoms with Crippen molar-refractivity contribution in [2.45, 2.75) is 46.6 Å². The van der Waals surface area contributed by atoms with Gasteiger partial charge in [-0.2, -0.15) is 0 Å². The molecule has 0 atom stereocenters. The first kappa shape index (κ1) is 22.2. The molecule has 1 aromatic rings. The van der Waals surface area contributed by atoms with Crippen molar-refractivity contribution >= 4 is 29.9 Å².